The number of carbonyl (C=O) groups is 3. The summed E-state index contributed by atoms with van der Waals surface area (Å²) in [5.74, 6) is -4.97. The van der Waals surface area contributed by atoms with Gasteiger partial charge in [0.15, 0.2) is 0 Å². The topological polar surface area (TPSA) is 101 Å². The third-order valence-corrected chi connectivity index (χ3v) is 4.65. The number of hydrogen-bond donors (Lipinski definition) is 2. The summed E-state index contributed by atoms with van der Waals surface area (Å²) in [5, 5.41) is 18.2. The van der Waals surface area contributed by atoms with Crippen LogP contribution in [0.15, 0.2) is 0 Å². The van der Waals surface area contributed by atoms with Crippen molar-refractivity contribution in [2.75, 3.05) is 0 Å². The largest absolute Gasteiger partial charge is 0.481 e. The molecule has 21 heavy (non-hydrogen) atoms. The fourth-order valence-electron chi connectivity index (χ4n) is 3.40. The lowest BCUT2D eigenvalue weighted by Crippen LogP contribution is -2.39. The highest BCUT2D eigenvalue weighted by atomic mass is 16.5. The summed E-state index contributed by atoms with van der Waals surface area (Å²) < 4.78 is 5.48. The van der Waals surface area contributed by atoms with Crippen molar-refractivity contribution in [3.8, 4) is 0 Å². The minimum Gasteiger partial charge on any atom is -0.481 e. The number of carbonyl (C=O) groups excluding carboxylic acids is 1. The molecule has 2 N–H and O–H groups in total. The standard InChI is InChI=1S/C15H22O6/c16-13(17)11-7-6-9(8-12(11)14(18)19)15(20)21-10-4-2-1-3-5-10/h9-12H,1-8H2,(H,16,17)(H,18,19). The Labute approximate surface area is 123 Å². The van der Waals surface area contributed by atoms with Crippen LogP contribution in [0.25, 0.3) is 0 Å². The number of carboxylic acids is 2. The number of carboxylic acid groups (broad SMARTS) is 2. The smallest absolute Gasteiger partial charge is 0.309 e. The van der Waals surface area contributed by atoms with Crippen LogP contribution in [-0.2, 0) is 19.1 Å². The van der Waals surface area contributed by atoms with Gasteiger partial charge in [-0.25, -0.2) is 0 Å². The number of hydrogen-bond acceptors (Lipinski definition) is 4. The van der Waals surface area contributed by atoms with Crippen LogP contribution >= 0.6 is 0 Å². The van der Waals surface area contributed by atoms with Crippen LogP contribution in [0.5, 0.6) is 0 Å². The Morgan fingerprint density at radius 2 is 1.43 bits per heavy atom. The summed E-state index contributed by atoms with van der Waals surface area (Å²) in [6, 6.07) is 0. The second kappa shape index (κ2) is 6.91. The quantitative estimate of drug-likeness (QED) is 0.770. The lowest BCUT2D eigenvalue weighted by molar-refractivity contribution is -0.164. The SMILES string of the molecule is O=C(OC1CCCCC1)C1CCC(C(=O)O)C(C(=O)O)C1. The second-order valence-corrected chi connectivity index (χ2v) is 6.10. The Morgan fingerprint density at radius 1 is 0.810 bits per heavy atom. The third kappa shape index (κ3) is 3.95. The van der Waals surface area contributed by atoms with E-state index in [1.807, 2.05) is 0 Å². The minimum absolute atomic E-state index is 0.0493. The van der Waals surface area contributed by atoms with Crippen LogP contribution < -0.4 is 0 Å². The van der Waals surface area contributed by atoms with Crippen molar-refractivity contribution in [1.29, 1.82) is 0 Å². The summed E-state index contributed by atoms with van der Waals surface area (Å²) in [4.78, 5) is 34.4. The Hall–Kier alpha value is -1.59. The van der Waals surface area contributed by atoms with Gasteiger partial charge in [0.05, 0.1) is 17.8 Å². The highest BCUT2D eigenvalue weighted by molar-refractivity contribution is 5.82. The van der Waals surface area contributed by atoms with Gasteiger partial charge in [-0.1, -0.05) is 6.42 Å². The molecule has 3 unspecified atom stereocenters. The molecular weight excluding hydrogens is 276 g/mol. The zero-order valence-corrected chi connectivity index (χ0v) is 12.0. The first kappa shape index (κ1) is 15.8. The summed E-state index contributed by atoms with van der Waals surface area (Å²) in [7, 11) is 0. The molecule has 0 radical (unpaired) electrons. The first-order chi connectivity index (χ1) is 9.99. The van der Waals surface area contributed by atoms with Crippen LogP contribution in [0.4, 0.5) is 0 Å². The van der Waals surface area contributed by atoms with Crippen molar-refractivity contribution in [3.63, 3.8) is 0 Å². The van der Waals surface area contributed by atoms with Crippen LogP contribution in [0.1, 0.15) is 51.4 Å². The van der Waals surface area contributed by atoms with E-state index in [0.29, 0.717) is 6.42 Å². The van der Waals surface area contributed by atoms with E-state index in [9.17, 15) is 14.4 Å². The van der Waals surface area contributed by atoms with Gasteiger partial charge in [0.2, 0.25) is 0 Å². The molecule has 0 saturated heterocycles. The van der Waals surface area contributed by atoms with Crippen molar-refractivity contribution >= 4 is 17.9 Å². The number of esters is 1. The Morgan fingerprint density at radius 3 is 2.00 bits per heavy atom. The Bertz CT molecular complexity index is 412. The highest BCUT2D eigenvalue weighted by Crippen LogP contribution is 2.35. The van der Waals surface area contributed by atoms with E-state index in [1.54, 1.807) is 0 Å². The molecule has 118 valence electrons. The molecule has 6 nitrogen and oxygen atoms in total. The molecule has 0 aliphatic heterocycles. The summed E-state index contributed by atoms with van der Waals surface area (Å²) in [6.07, 6.45) is 5.66. The normalized spacial score (nSPS) is 30.6. The molecule has 0 aromatic heterocycles. The summed E-state index contributed by atoms with van der Waals surface area (Å²) >= 11 is 0. The number of ether oxygens (including phenoxy) is 1. The molecule has 2 fully saturated rings. The number of rotatable bonds is 4. The Balaban J connectivity index is 1.93. The van der Waals surface area contributed by atoms with E-state index < -0.39 is 29.7 Å². The van der Waals surface area contributed by atoms with Crippen LogP contribution in [0, 0.1) is 17.8 Å². The summed E-state index contributed by atoms with van der Waals surface area (Å²) in [5.41, 5.74) is 0. The third-order valence-electron chi connectivity index (χ3n) is 4.65. The molecule has 0 aromatic rings. The predicted octanol–water partition coefficient (Wildman–Crippen LogP) is 2.06. The average molecular weight is 298 g/mol. The fourth-order valence-corrected chi connectivity index (χ4v) is 3.40. The fraction of sp³-hybridized carbons (Fsp3) is 0.800. The maximum Gasteiger partial charge on any atom is 0.309 e. The lowest BCUT2D eigenvalue weighted by atomic mass is 9.74. The van der Waals surface area contributed by atoms with E-state index in [0.717, 1.165) is 25.7 Å². The monoisotopic (exact) mass is 298 g/mol. The van der Waals surface area contributed by atoms with Crippen LogP contribution in [0.3, 0.4) is 0 Å². The summed E-state index contributed by atoms with van der Waals surface area (Å²) in [6.45, 7) is 0. The molecule has 0 heterocycles. The van der Waals surface area contributed by atoms with Crippen molar-refractivity contribution < 1.29 is 29.3 Å². The molecule has 3 atom stereocenters. The van der Waals surface area contributed by atoms with Gasteiger partial charge in [0.1, 0.15) is 6.10 Å². The maximum absolute atomic E-state index is 12.1. The van der Waals surface area contributed by atoms with Crippen molar-refractivity contribution in [1.82, 2.24) is 0 Å². The van der Waals surface area contributed by atoms with Crippen molar-refractivity contribution in [2.24, 2.45) is 17.8 Å². The maximum atomic E-state index is 12.1. The molecule has 6 heteroatoms. The van der Waals surface area contributed by atoms with E-state index in [1.165, 1.54) is 6.42 Å². The molecule has 2 rings (SSSR count). The van der Waals surface area contributed by atoms with Crippen molar-refractivity contribution in [2.45, 2.75) is 57.5 Å². The molecular formula is C15H22O6. The number of aliphatic carboxylic acids is 2. The van der Waals surface area contributed by atoms with Crippen LogP contribution in [-0.4, -0.2) is 34.2 Å². The van der Waals surface area contributed by atoms with Gasteiger partial charge >= 0.3 is 17.9 Å². The molecule has 2 aliphatic rings. The first-order valence-electron chi connectivity index (χ1n) is 7.65. The van der Waals surface area contributed by atoms with Gasteiger partial charge in [0, 0.05) is 0 Å². The van der Waals surface area contributed by atoms with Gasteiger partial charge < -0.3 is 14.9 Å². The van der Waals surface area contributed by atoms with Gasteiger partial charge in [-0.05, 0) is 44.9 Å². The first-order valence-corrected chi connectivity index (χ1v) is 7.65. The van der Waals surface area contributed by atoms with E-state index in [2.05, 4.69) is 0 Å². The van der Waals surface area contributed by atoms with Crippen LogP contribution in [0.2, 0.25) is 0 Å². The van der Waals surface area contributed by atoms with Gasteiger partial charge in [0.25, 0.3) is 0 Å². The van der Waals surface area contributed by atoms with Crippen molar-refractivity contribution in [3.05, 3.63) is 0 Å². The molecule has 0 spiro atoms. The van der Waals surface area contributed by atoms with E-state index >= 15 is 0 Å². The highest BCUT2D eigenvalue weighted by Gasteiger charge is 2.42. The average Bonchev–Trinajstić information content (AvgIpc) is 2.47. The van der Waals surface area contributed by atoms with Gasteiger partial charge in [-0.15, -0.1) is 0 Å². The van der Waals surface area contributed by atoms with Gasteiger partial charge in [-0.3, -0.25) is 14.4 Å². The molecule has 0 bridgehead atoms. The molecule has 2 saturated carbocycles. The van der Waals surface area contributed by atoms with E-state index in [4.69, 9.17) is 14.9 Å². The Kier molecular flexibility index (Phi) is 5.20. The van der Waals surface area contributed by atoms with Gasteiger partial charge in [-0.2, -0.15) is 0 Å². The lowest BCUT2D eigenvalue weighted by Gasteiger charge is -2.31. The van der Waals surface area contributed by atoms with E-state index in [-0.39, 0.29) is 24.9 Å². The zero-order chi connectivity index (χ0) is 15.4. The molecule has 0 amide bonds. The minimum atomic E-state index is -1.14. The second-order valence-electron chi connectivity index (χ2n) is 6.10. The predicted molar refractivity (Wildman–Crippen MR) is 72.6 cm³/mol. The molecule has 0 aromatic carbocycles. The zero-order valence-electron chi connectivity index (χ0n) is 12.0. The molecule has 2 aliphatic carbocycles.